The van der Waals surface area contributed by atoms with Gasteiger partial charge in [-0.05, 0) is 27.7 Å². The van der Waals surface area contributed by atoms with Crippen molar-refractivity contribution in [2.45, 2.75) is 46.3 Å². The summed E-state index contributed by atoms with van der Waals surface area (Å²) in [5.74, 6) is 0.472. The average Bonchev–Trinajstić information content (AvgIpc) is 3.18. The summed E-state index contributed by atoms with van der Waals surface area (Å²) in [5, 5.41) is 19.2. The van der Waals surface area contributed by atoms with Gasteiger partial charge < -0.3 is 20.8 Å². The fourth-order valence-corrected chi connectivity index (χ4v) is 3.10. The van der Waals surface area contributed by atoms with Gasteiger partial charge in [-0.2, -0.15) is 5.10 Å². The van der Waals surface area contributed by atoms with Crippen LogP contribution in [0.25, 0.3) is 0 Å². The average molecular weight is 385 g/mol. The largest absolute Gasteiger partial charge is 0.447 e. The standard InChI is InChI=1S/C19H27N7O2/c1-11(2)23-18-15(21-7-14-8-22-25(5)9-14)6-16(24-17(18)13(4)20)26-12(3)10-28-19(26)27/h6,8-9,11-12,20,23H,7,10H2,1-5H3,(H,21,24). The van der Waals surface area contributed by atoms with Gasteiger partial charge in [0.2, 0.25) is 0 Å². The number of amides is 1. The number of nitrogens with one attached hydrogen (secondary N) is 3. The third kappa shape index (κ3) is 4.08. The number of anilines is 3. The fraction of sp³-hybridized carbons (Fsp3) is 0.474. The van der Waals surface area contributed by atoms with E-state index >= 15 is 0 Å². The highest BCUT2D eigenvalue weighted by Crippen LogP contribution is 2.33. The summed E-state index contributed by atoms with van der Waals surface area (Å²) < 4.78 is 6.89. The lowest BCUT2D eigenvalue weighted by Gasteiger charge is -2.23. The summed E-state index contributed by atoms with van der Waals surface area (Å²) in [6, 6.07) is 1.87. The predicted octanol–water partition coefficient (Wildman–Crippen LogP) is 2.98. The van der Waals surface area contributed by atoms with Crippen LogP contribution in [0.3, 0.4) is 0 Å². The van der Waals surface area contributed by atoms with Crippen LogP contribution < -0.4 is 15.5 Å². The fourth-order valence-electron chi connectivity index (χ4n) is 3.10. The van der Waals surface area contributed by atoms with Crippen molar-refractivity contribution >= 4 is 29.0 Å². The van der Waals surface area contributed by atoms with E-state index in [0.29, 0.717) is 30.4 Å². The van der Waals surface area contributed by atoms with E-state index in [2.05, 4.69) is 20.7 Å². The van der Waals surface area contributed by atoms with E-state index in [1.165, 1.54) is 4.90 Å². The molecule has 0 saturated carbocycles. The van der Waals surface area contributed by atoms with E-state index < -0.39 is 6.09 Å². The number of hydrogen-bond acceptors (Lipinski definition) is 7. The zero-order valence-electron chi connectivity index (χ0n) is 16.9. The Morgan fingerprint density at radius 1 is 1.46 bits per heavy atom. The normalized spacial score (nSPS) is 16.4. The van der Waals surface area contributed by atoms with E-state index in [9.17, 15) is 4.79 Å². The predicted molar refractivity (Wildman–Crippen MR) is 109 cm³/mol. The lowest BCUT2D eigenvalue weighted by Crippen LogP contribution is -2.32. The number of nitrogens with zero attached hydrogens (tertiary/aromatic N) is 4. The second-order valence-corrected chi connectivity index (χ2v) is 7.35. The van der Waals surface area contributed by atoms with E-state index in [1.807, 2.05) is 40.1 Å². The molecule has 1 saturated heterocycles. The van der Waals surface area contributed by atoms with Gasteiger partial charge >= 0.3 is 6.09 Å². The molecule has 28 heavy (non-hydrogen) atoms. The number of ether oxygens (including phenoxy) is 1. The van der Waals surface area contributed by atoms with Gasteiger partial charge in [-0.3, -0.25) is 9.58 Å². The van der Waals surface area contributed by atoms with Crippen molar-refractivity contribution in [2.75, 3.05) is 22.1 Å². The van der Waals surface area contributed by atoms with Crippen molar-refractivity contribution in [3.05, 3.63) is 29.7 Å². The maximum Gasteiger partial charge on any atom is 0.415 e. The summed E-state index contributed by atoms with van der Waals surface area (Å²) >= 11 is 0. The van der Waals surface area contributed by atoms with Crippen LogP contribution >= 0.6 is 0 Å². The molecule has 0 aromatic carbocycles. The van der Waals surface area contributed by atoms with Gasteiger partial charge in [0, 0.05) is 37.5 Å². The van der Waals surface area contributed by atoms with Gasteiger partial charge in [0.15, 0.2) is 0 Å². The Balaban J connectivity index is 2.03. The van der Waals surface area contributed by atoms with Crippen molar-refractivity contribution in [3.8, 4) is 0 Å². The Labute approximate surface area is 164 Å². The highest BCUT2D eigenvalue weighted by molar-refractivity contribution is 6.03. The zero-order chi connectivity index (χ0) is 20.4. The maximum atomic E-state index is 12.2. The third-order valence-corrected chi connectivity index (χ3v) is 4.37. The first kappa shape index (κ1) is 19.7. The molecule has 3 heterocycles. The van der Waals surface area contributed by atoms with Crippen molar-refractivity contribution in [1.29, 1.82) is 5.41 Å². The van der Waals surface area contributed by atoms with Gasteiger partial charge in [0.1, 0.15) is 18.1 Å². The van der Waals surface area contributed by atoms with Crippen molar-refractivity contribution < 1.29 is 9.53 Å². The highest BCUT2D eigenvalue weighted by Gasteiger charge is 2.33. The summed E-state index contributed by atoms with van der Waals surface area (Å²) in [6.45, 7) is 8.54. The first-order chi connectivity index (χ1) is 13.3. The van der Waals surface area contributed by atoms with Crippen molar-refractivity contribution in [2.24, 2.45) is 7.05 Å². The number of cyclic esters (lactones) is 1. The number of carbonyl (C=O) groups excluding carboxylic acids is 1. The van der Waals surface area contributed by atoms with Gasteiger partial charge in [-0.15, -0.1) is 0 Å². The number of aromatic nitrogens is 3. The Morgan fingerprint density at radius 3 is 2.75 bits per heavy atom. The molecule has 2 aromatic heterocycles. The lowest BCUT2D eigenvalue weighted by atomic mass is 10.1. The van der Waals surface area contributed by atoms with E-state index in [1.54, 1.807) is 17.8 Å². The van der Waals surface area contributed by atoms with Crippen molar-refractivity contribution in [1.82, 2.24) is 14.8 Å². The summed E-state index contributed by atoms with van der Waals surface area (Å²) in [7, 11) is 1.87. The molecule has 150 valence electrons. The molecule has 1 fully saturated rings. The van der Waals surface area contributed by atoms with Crippen LogP contribution in [-0.4, -0.2) is 45.3 Å². The molecular weight excluding hydrogens is 358 g/mol. The molecule has 9 heteroatoms. The van der Waals surface area contributed by atoms with Gasteiger partial charge in [0.05, 0.1) is 29.3 Å². The van der Waals surface area contributed by atoms with Gasteiger partial charge in [-0.1, -0.05) is 0 Å². The van der Waals surface area contributed by atoms with Gasteiger partial charge in [-0.25, -0.2) is 9.78 Å². The molecule has 3 N–H and O–H groups in total. The minimum atomic E-state index is -0.420. The Morgan fingerprint density at radius 2 is 2.21 bits per heavy atom. The first-order valence-corrected chi connectivity index (χ1v) is 9.30. The second-order valence-electron chi connectivity index (χ2n) is 7.35. The van der Waals surface area contributed by atoms with E-state index in [4.69, 9.17) is 10.1 Å². The summed E-state index contributed by atoms with van der Waals surface area (Å²) in [5.41, 5.74) is 3.37. The molecule has 0 radical (unpaired) electrons. The Kier molecular flexibility index (Phi) is 5.53. The molecular formula is C19H27N7O2. The smallest absolute Gasteiger partial charge is 0.415 e. The molecule has 1 aliphatic rings. The quantitative estimate of drug-likeness (QED) is 0.633. The molecule has 0 aliphatic carbocycles. The molecule has 1 atom stereocenters. The van der Waals surface area contributed by atoms with E-state index in [-0.39, 0.29) is 12.1 Å². The molecule has 1 aliphatic heterocycles. The Bertz CT molecular complexity index is 890. The van der Waals surface area contributed by atoms with Crippen molar-refractivity contribution in [3.63, 3.8) is 0 Å². The van der Waals surface area contributed by atoms with Crippen LogP contribution in [0.1, 0.15) is 39.0 Å². The van der Waals surface area contributed by atoms with Crippen LogP contribution in [0.4, 0.5) is 22.0 Å². The lowest BCUT2D eigenvalue weighted by molar-refractivity contribution is 0.179. The minimum absolute atomic E-state index is 0.117. The van der Waals surface area contributed by atoms with Crippen LogP contribution in [0, 0.1) is 5.41 Å². The summed E-state index contributed by atoms with van der Waals surface area (Å²) in [4.78, 5) is 18.3. The molecule has 3 rings (SSSR count). The molecule has 0 bridgehead atoms. The van der Waals surface area contributed by atoms with Crippen LogP contribution in [0.5, 0.6) is 0 Å². The first-order valence-electron chi connectivity index (χ1n) is 9.30. The molecule has 9 nitrogen and oxygen atoms in total. The zero-order valence-corrected chi connectivity index (χ0v) is 16.9. The maximum absolute atomic E-state index is 12.2. The molecule has 2 aromatic rings. The minimum Gasteiger partial charge on any atom is -0.447 e. The van der Waals surface area contributed by atoms with Crippen LogP contribution in [0.2, 0.25) is 0 Å². The van der Waals surface area contributed by atoms with E-state index in [0.717, 1.165) is 16.9 Å². The Hall–Kier alpha value is -3.10. The van der Waals surface area contributed by atoms with Crippen LogP contribution in [-0.2, 0) is 18.3 Å². The molecule has 1 amide bonds. The highest BCUT2D eigenvalue weighted by atomic mass is 16.6. The SMILES string of the molecule is CC(=N)c1nc(N2C(=O)OCC2C)cc(NCc2cnn(C)c2)c1NC(C)C. The monoisotopic (exact) mass is 385 g/mol. The summed E-state index contributed by atoms with van der Waals surface area (Å²) in [6.07, 6.45) is 3.32. The third-order valence-electron chi connectivity index (χ3n) is 4.37. The van der Waals surface area contributed by atoms with Crippen LogP contribution in [0.15, 0.2) is 18.5 Å². The molecule has 1 unspecified atom stereocenters. The number of aryl methyl sites for hydroxylation is 1. The number of pyridine rings is 1. The van der Waals surface area contributed by atoms with Gasteiger partial charge in [0.25, 0.3) is 0 Å². The number of carbonyl (C=O) groups is 1. The second kappa shape index (κ2) is 7.87. The number of hydrogen-bond donors (Lipinski definition) is 3. The number of rotatable bonds is 7. The molecule has 0 spiro atoms. The topological polar surface area (TPSA) is 108 Å².